The molecule has 0 aliphatic carbocycles. The number of ether oxygens (including phenoxy) is 1. The van der Waals surface area contributed by atoms with Gasteiger partial charge in [0, 0.05) is 29.1 Å². The molecule has 6 nitrogen and oxygen atoms in total. The SMILES string of the molecule is COc1cccc2cc(C(=O)NCc3cccnc3-c3ccsc3)c(=O)oc12. The van der Waals surface area contributed by atoms with Crippen LogP contribution in [0.2, 0.25) is 0 Å². The molecule has 0 unspecified atom stereocenters. The highest BCUT2D eigenvalue weighted by Crippen LogP contribution is 2.25. The minimum atomic E-state index is -0.709. The fourth-order valence-electron chi connectivity index (χ4n) is 2.95. The number of aromatic nitrogens is 1. The zero-order valence-electron chi connectivity index (χ0n) is 15.0. The monoisotopic (exact) mass is 392 g/mol. The van der Waals surface area contributed by atoms with Crippen molar-refractivity contribution in [2.45, 2.75) is 6.54 Å². The largest absolute Gasteiger partial charge is 0.493 e. The summed E-state index contributed by atoms with van der Waals surface area (Å²) in [6, 6.07) is 12.4. The van der Waals surface area contributed by atoms with Gasteiger partial charge in [-0.25, -0.2) is 4.79 Å². The van der Waals surface area contributed by atoms with Crippen molar-refractivity contribution in [3.8, 4) is 17.0 Å². The number of amides is 1. The average Bonchev–Trinajstić information content (AvgIpc) is 3.26. The fraction of sp³-hybridized carbons (Fsp3) is 0.0952. The summed E-state index contributed by atoms with van der Waals surface area (Å²) < 4.78 is 10.5. The number of hydrogen-bond donors (Lipinski definition) is 1. The Morgan fingerprint density at radius 1 is 1.25 bits per heavy atom. The van der Waals surface area contributed by atoms with Crippen LogP contribution < -0.4 is 15.7 Å². The molecule has 3 aromatic heterocycles. The summed E-state index contributed by atoms with van der Waals surface area (Å²) in [5.74, 6) is -0.0593. The zero-order chi connectivity index (χ0) is 19.5. The molecule has 7 heteroatoms. The van der Waals surface area contributed by atoms with E-state index in [1.165, 1.54) is 13.2 Å². The maximum absolute atomic E-state index is 12.6. The van der Waals surface area contributed by atoms with E-state index in [-0.39, 0.29) is 12.1 Å². The van der Waals surface area contributed by atoms with Crippen molar-refractivity contribution in [3.05, 3.63) is 81.0 Å². The van der Waals surface area contributed by atoms with Gasteiger partial charge in [0.2, 0.25) is 0 Å². The molecule has 0 bridgehead atoms. The maximum Gasteiger partial charge on any atom is 0.349 e. The summed E-state index contributed by atoms with van der Waals surface area (Å²) in [7, 11) is 1.49. The molecule has 0 spiro atoms. The second-order valence-corrected chi connectivity index (χ2v) is 6.81. The number of hydrogen-bond acceptors (Lipinski definition) is 6. The molecule has 0 aliphatic rings. The average molecular weight is 392 g/mol. The van der Waals surface area contributed by atoms with Crippen molar-refractivity contribution in [3.63, 3.8) is 0 Å². The standard InChI is InChI=1S/C21H16N2O4S/c1-26-17-6-2-4-13-10-16(21(25)27-19(13)17)20(24)23-11-14-5-3-8-22-18(14)15-7-9-28-12-15/h2-10,12H,11H2,1H3,(H,23,24). The van der Waals surface area contributed by atoms with Gasteiger partial charge in [-0.15, -0.1) is 0 Å². The quantitative estimate of drug-likeness (QED) is 0.522. The number of benzene rings is 1. The van der Waals surface area contributed by atoms with Gasteiger partial charge in [-0.05, 0) is 35.2 Å². The van der Waals surface area contributed by atoms with E-state index >= 15 is 0 Å². The van der Waals surface area contributed by atoms with Crippen molar-refractivity contribution >= 4 is 28.2 Å². The van der Waals surface area contributed by atoms with E-state index < -0.39 is 11.5 Å². The van der Waals surface area contributed by atoms with Gasteiger partial charge in [0.25, 0.3) is 5.91 Å². The summed E-state index contributed by atoms with van der Waals surface area (Å²) in [5.41, 5.74) is 2.21. The van der Waals surface area contributed by atoms with Gasteiger partial charge in [-0.3, -0.25) is 9.78 Å². The molecule has 0 atom stereocenters. The summed E-state index contributed by atoms with van der Waals surface area (Å²) in [6.07, 6.45) is 1.71. The first-order valence-electron chi connectivity index (χ1n) is 8.53. The van der Waals surface area contributed by atoms with Gasteiger partial charge >= 0.3 is 5.63 Å². The third-order valence-electron chi connectivity index (χ3n) is 4.31. The van der Waals surface area contributed by atoms with Crippen molar-refractivity contribution in [2.75, 3.05) is 7.11 Å². The number of thiophene rings is 1. The molecule has 28 heavy (non-hydrogen) atoms. The van der Waals surface area contributed by atoms with E-state index in [9.17, 15) is 9.59 Å². The van der Waals surface area contributed by atoms with Crippen molar-refractivity contribution in [1.82, 2.24) is 10.3 Å². The Bertz CT molecular complexity index is 1200. The Morgan fingerprint density at radius 2 is 2.14 bits per heavy atom. The number of rotatable bonds is 5. The van der Waals surface area contributed by atoms with E-state index in [2.05, 4.69) is 10.3 Å². The predicted molar refractivity (Wildman–Crippen MR) is 108 cm³/mol. The topological polar surface area (TPSA) is 81.4 Å². The smallest absolute Gasteiger partial charge is 0.349 e. The van der Waals surface area contributed by atoms with Crippen LogP contribution in [0.3, 0.4) is 0 Å². The lowest BCUT2D eigenvalue weighted by Crippen LogP contribution is -2.28. The van der Waals surface area contributed by atoms with Crippen molar-refractivity contribution in [2.24, 2.45) is 0 Å². The Morgan fingerprint density at radius 3 is 2.93 bits per heavy atom. The number of para-hydroxylation sites is 1. The number of carbonyl (C=O) groups excluding carboxylic acids is 1. The van der Waals surface area contributed by atoms with Gasteiger partial charge in [0.1, 0.15) is 5.56 Å². The molecule has 0 saturated carbocycles. The molecule has 4 aromatic rings. The third-order valence-corrected chi connectivity index (χ3v) is 5.00. The Kier molecular flexibility index (Phi) is 4.90. The Labute approximate surface area is 164 Å². The van der Waals surface area contributed by atoms with Crippen LogP contribution in [0.5, 0.6) is 5.75 Å². The predicted octanol–water partition coefficient (Wildman–Crippen LogP) is 3.86. The molecule has 140 valence electrons. The molecule has 1 amide bonds. The summed E-state index contributed by atoms with van der Waals surface area (Å²) >= 11 is 1.58. The third kappa shape index (κ3) is 3.39. The molecular formula is C21H16N2O4S. The number of nitrogens with one attached hydrogen (secondary N) is 1. The minimum absolute atomic E-state index is 0.0540. The van der Waals surface area contributed by atoms with Crippen LogP contribution in [-0.4, -0.2) is 18.0 Å². The van der Waals surface area contributed by atoms with Crippen LogP contribution in [0.25, 0.3) is 22.2 Å². The Hall–Kier alpha value is -3.45. The normalized spacial score (nSPS) is 10.8. The fourth-order valence-corrected chi connectivity index (χ4v) is 3.59. The molecule has 1 N–H and O–H groups in total. The second kappa shape index (κ2) is 7.66. The van der Waals surface area contributed by atoms with E-state index in [0.717, 1.165) is 16.8 Å². The molecule has 0 radical (unpaired) electrons. The highest BCUT2D eigenvalue weighted by Gasteiger charge is 2.16. The number of pyridine rings is 1. The van der Waals surface area contributed by atoms with Gasteiger partial charge in [0.05, 0.1) is 12.8 Å². The minimum Gasteiger partial charge on any atom is -0.493 e. The molecule has 4 rings (SSSR count). The van der Waals surface area contributed by atoms with Crippen LogP contribution in [0.4, 0.5) is 0 Å². The molecule has 1 aromatic carbocycles. The van der Waals surface area contributed by atoms with Gasteiger partial charge in [0.15, 0.2) is 11.3 Å². The lowest BCUT2D eigenvalue weighted by molar-refractivity contribution is 0.0947. The van der Waals surface area contributed by atoms with E-state index in [4.69, 9.17) is 9.15 Å². The lowest BCUT2D eigenvalue weighted by atomic mass is 10.1. The van der Waals surface area contributed by atoms with Crippen molar-refractivity contribution in [1.29, 1.82) is 0 Å². The van der Waals surface area contributed by atoms with Gasteiger partial charge in [-0.1, -0.05) is 18.2 Å². The van der Waals surface area contributed by atoms with Crippen LogP contribution in [-0.2, 0) is 6.54 Å². The Balaban J connectivity index is 1.60. The first-order chi connectivity index (χ1) is 13.7. The number of methoxy groups -OCH3 is 1. The van der Waals surface area contributed by atoms with E-state index in [1.54, 1.807) is 35.7 Å². The highest BCUT2D eigenvalue weighted by atomic mass is 32.1. The first-order valence-corrected chi connectivity index (χ1v) is 9.47. The van der Waals surface area contributed by atoms with Crippen LogP contribution in [0.1, 0.15) is 15.9 Å². The van der Waals surface area contributed by atoms with Crippen LogP contribution in [0.15, 0.2) is 68.6 Å². The molecule has 0 fully saturated rings. The summed E-state index contributed by atoms with van der Waals surface area (Å²) in [4.78, 5) is 29.3. The van der Waals surface area contributed by atoms with Crippen molar-refractivity contribution < 1.29 is 13.9 Å². The molecular weight excluding hydrogens is 376 g/mol. The lowest BCUT2D eigenvalue weighted by Gasteiger charge is -2.09. The van der Waals surface area contributed by atoms with Gasteiger partial charge < -0.3 is 14.5 Å². The molecule has 0 aliphatic heterocycles. The van der Waals surface area contributed by atoms with E-state index in [1.807, 2.05) is 29.0 Å². The van der Waals surface area contributed by atoms with Gasteiger partial charge in [-0.2, -0.15) is 11.3 Å². The van der Waals surface area contributed by atoms with Crippen LogP contribution >= 0.6 is 11.3 Å². The maximum atomic E-state index is 12.6. The summed E-state index contributed by atoms with van der Waals surface area (Å²) in [5, 5.41) is 7.37. The number of fused-ring (bicyclic) bond motifs is 1. The summed E-state index contributed by atoms with van der Waals surface area (Å²) in [6.45, 7) is 0.243. The van der Waals surface area contributed by atoms with Crippen LogP contribution in [0, 0.1) is 0 Å². The molecule has 0 saturated heterocycles. The first kappa shape index (κ1) is 17.9. The molecule has 3 heterocycles. The highest BCUT2D eigenvalue weighted by molar-refractivity contribution is 7.08. The zero-order valence-corrected chi connectivity index (χ0v) is 15.8. The second-order valence-electron chi connectivity index (χ2n) is 6.03. The van der Waals surface area contributed by atoms with E-state index in [0.29, 0.717) is 16.7 Å². The number of carbonyl (C=O) groups is 1. The number of nitrogens with zero attached hydrogens (tertiary/aromatic N) is 1.